The molecule has 0 aliphatic carbocycles. The number of benzene rings is 1. The van der Waals surface area contributed by atoms with Crippen LogP contribution >= 0.6 is 0 Å². The quantitative estimate of drug-likeness (QED) is 0.743. The van der Waals surface area contributed by atoms with E-state index >= 15 is 0 Å². The second kappa shape index (κ2) is 8.95. The number of alkyl halides is 3. The Bertz CT molecular complexity index is 975. The average Bonchev–Trinajstić information content (AvgIpc) is 2.72. The summed E-state index contributed by atoms with van der Waals surface area (Å²) in [7, 11) is 0. The van der Waals surface area contributed by atoms with Crippen molar-refractivity contribution in [2.45, 2.75) is 46.0 Å². The molecule has 2 N–H and O–H groups in total. The molecule has 0 saturated carbocycles. The van der Waals surface area contributed by atoms with Crippen molar-refractivity contribution in [3.8, 4) is 0 Å². The first-order valence-electron chi connectivity index (χ1n) is 10.1. The van der Waals surface area contributed by atoms with Crippen LogP contribution in [0, 0.1) is 5.92 Å². The summed E-state index contributed by atoms with van der Waals surface area (Å²) in [4.78, 5) is 30.3. The molecule has 3 rings (SSSR count). The average molecular weight is 434 g/mol. The van der Waals surface area contributed by atoms with Crippen LogP contribution < -0.4 is 10.6 Å². The van der Waals surface area contributed by atoms with Crippen LogP contribution in [0.1, 0.15) is 49.1 Å². The molecule has 1 atom stereocenters. The fourth-order valence-electron chi connectivity index (χ4n) is 3.32. The van der Waals surface area contributed by atoms with Gasteiger partial charge in [0, 0.05) is 25.2 Å². The van der Waals surface area contributed by atoms with Gasteiger partial charge in [-0.1, -0.05) is 19.9 Å². The van der Waals surface area contributed by atoms with Crippen LogP contribution in [0.5, 0.6) is 0 Å². The van der Waals surface area contributed by atoms with E-state index in [2.05, 4.69) is 15.6 Å². The predicted octanol–water partition coefficient (Wildman–Crippen LogP) is 4.52. The van der Waals surface area contributed by atoms with Gasteiger partial charge in [0.05, 0.1) is 11.6 Å². The zero-order valence-electron chi connectivity index (χ0n) is 17.6. The van der Waals surface area contributed by atoms with Gasteiger partial charge in [-0.25, -0.2) is 9.78 Å². The highest BCUT2D eigenvalue weighted by Crippen LogP contribution is 2.32. The Labute approximate surface area is 178 Å². The van der Waals surface area contributed by atoms with Crippen LogP contribution in [-0.4, -0.2) is 28.4 Å². The Kier molecular flexibility index (Phi) is 6.52. The molecule has 0 radical (unpaired) electrons. The lowest BCUT2D eigenvalue weighted by molar-refractivity contribution is -0.137. The molecule has 31 heavy (non-hydrogen) atoms. The topological polar surface area (TPSA) is 74.3 Å². The summed E-state index contributed by atoms with van der Waals surface area (Å²) in [5, 5.41) is 5.63. The molecule has 0 spiro atoms. The Morgan fingerprint density at radius 2 is 1.84 bits per heavy atom. The molecule has 0 saturated heterocycles. The monoisotopic (exact) mass is 434 g/mol. The van der Waals surface area contributed by atoms with Crippen LogP contribution in [0.15, 0.2) is 36.5 Å². The third-order valence-electron chi connectivity index (χ3n) is 5.23. The van der Waals surface area contributed by atoms with Crippen LogP contribution in [0.3, 0.4) is 0 Å². The van der Waals surface area contributed by atoms with Crippen molar-refractivity contribution in [2.24, 2.45) is 5.92 Å². The number of rotatable bonds is 4. The Morgan fingerprint density at radius 3 is 2.52 bits per heavy atom. The number of nitrogens with one attached hydrogen (secondary N) is 2. The van der Waals surface area contributed by atoms with Crippen molar-refractivity contribution >= 4 is 17.8 Å². The maximum absolute atomic E-state index is 12.9. The molecule has 1 aliphatic heterocycles. The lowest BCUT2D eigenvalue weighted by Crippen LogP contribution is -2.43. The SMILES string of the molecule is CC(C)C(=O)Nc1cc(C(C)NC(=O)N2CCc3cc(C(F)(F)F)ccc3C2)ccn1. The molecular formula is C22H25F3N4O2. The van der Waals surface area contributed by atoms with Crippen molar-refractivity contribution in [3.05, 3.63) is 58.8 Å². The Hall–Kier alpha value is -3.10. The second-order valence-corrected chi connectivity index (χ2v) is 7.94. The molecular weight excluding hydrogens is 409 g/mol. The minimum Gasteiger partial charge on any atom is -0.331 e. The molecule has 3 amide bonds. The van der Waals surface area contributed by atoms with E-state index < -0.39 is 11.7 Å². The van der Waals surface area contributed by atoms with Crippen LogP contribution in [0.2, 0.25) is 0 Å². The lowest BCUT2D eigenvalue weighted by Gasteiger charge is -2.30. The molecule has 2 heterocycles. The van der Waals surface area contributed by atoms with E-state index in [0.29, 0.717) is 29.9 Å². The number of fused-ring (bicyclic) bond motifs is 1. The number of urea groups is 1. The van der Waals surface area contributed by atoms with Gasteiger partial charge in [-0.15, -0.1) is 0 Å². The van der Waals surface area contributed by atoms with E-state index in [0.717, 1.165) is 17.7 Å². The second-order valence-electron chi connectivity index (χ2n) is 7.94. The van der Waals surface area contributed by atoms with Crippen LogP contribution in [0.4, 0.5) is 23.8 Å². The molecule has 1 unspecified atom stereocenters. The number of nitrogens with zero attached hydrogens (tertiary/aromatic N) is 2. The highest BCUT2D eigenvalue weighted by Gasteiger charge is 2.32. The van der Waals surface area contributed by atoms with E-state index in [-0.39, 0.29) is 30.4 Å². The lowest BCUT2D eigenvalue weighted by atomic mass is 9.97. The molecule has 0 fully saturated rings. The van der Waals surface area contributed by atoms with Crippen molar-refractivity contribution in [3.63, 3.8) is 0 Å². The van der Waals surface area contributed by atoms with Crippen LogP contribution in [-0.2, 0) is 23.9 Å². The summed E-state index contributed by atoms with van der Waals surface area (Å²) in [5.74, 6) is 0.0726. The fourth-order valence-corrected chi connectivity index (χ4v) is 3.32. The standard InChI is InChI=1S/C22H25F3N4O2/c1-13(2)20(30)28-19-11-15(6-8-26-19)14(3)27-21(31)29-9-7-16-10-18(22(23,24)25)5-4-17(16)12-29/h4-6,8,10-11,13-14H,7,9,12H2,1-3H3,(H,27,31)(H,26,28,30). The summed E-state index contributed by atoms with van der Waals surface area (Å²) >= 11 is 0. The number of hydrogen-bond donors (Lipinski definition) is 2. The zero-order chi connectivity index (χ0) is 22.8. The molecule has 1 aliphatic rings. The van der Waals surface area contributed by atoms with Gasteiger partial charge in [-0.3, -0.25) is 4.79 Å². The van der Waals surface area contributed by atoms with E-state index in [9.17, 15) is 22.8 Å². The van der Waals surface area contributed by atoms with Gasteiger partial charge in [0.2, 0.25) is 5.91 Å². The number of halogens is 3. The van der Waals surface area contributed by atoms with Crippen molar-refractivity contribution in [1.82, 2.24) is 15.2 Å². The van der Waals surface area contributed by atoms with Gasteiger partial charge in [-0.2, -0.15) is 13.2 Å². The summed E-state index contributed by atoms with van der Waals surface area (Å²) in [6, 6.07) is 6.45. The zero-order valence-corrected chi connectivity index (χ0v) is 17.6. The Morgan fingerprint density at radius 1 is 1.10 bits per heavy atom. The van der Waals surface area contributed by atoms with Gasteiger partial charge >= 0.3 is 12.2 Å². The van der Waals surface area contributed by atoms with Gasteiger partial charge in [0.25, 0.3) is 0 Å². The molecule has 9 heteroatoms. The minimum atomic E-state index is -4.38. The van der Waals surface area contributed by atoms with E-state index in [1.807, 2.05) is 6.92 Å². The minimum absolute atomic E-state index is 0.151. The predicted molar refractivity (Wildman–Crippen MR) is 110 cm³/mol. The smallest absolute Gasteiger partial charge is 0.331 e. The highest BCUT2D eigenvalue weighted by atomic mass is 19.4. The first kappa shape index (κ1) is 22.6. The number of hydrogen-bond acceptors (Lipinski definition) is 3. The summed E-state index contributed by atoms with van der Waals surface area (Å²) in [6.07, 6.45) is -2.46. The summed E-state index contributed by atoms with van der Waals surface area (Å²) in [5.41, 5.74) is 1.43. The third-order valence-corrected chi connectivity index (χ3v) is 5.23. The molecule has 1 aromatic heterocycles. The van der Waals surface area contributed by atoms with Crippen LogP contribution in [0.25, 0.3) is 0 Å². The number of anilines is 1. The summed E-state index contributed by atoms with van der Waals surface area (Å²) < 4.78 is 38.7. The first-order chi connectivity index (χ1) is 14.5. The van der Waals surface area contributed by atoms with Gasteiger partial charge in [0.1, 0.15) is 5.82 Å². The third kappa shape index (κ3) is 5.53. The maximum Gasteiger partial charge on any atom is 0.416 e. The number of carbonyl (C=O) groups is 2. The van der Waals surface area contributed by atoms with E-state index in [1.54, 1.807) is 37.1 Å². The van der Waals surface area contributed by atoms with Crippen molar-refractivity contribution < 1.29 is 22.8 Å². The Balaban J connectivity index is 1.64. The normalized spacial score (nSPS) is 14.7. The van der Waals surface area contributed by atoms with Gasteiger partial charge in [0.15, 0.2) is 0 Å². The number of amides is 3. The fraction of sp³-hybridized carbons (Fsp3) is 0.409. The number of aromatic nitrogens is 1. The molecule has 2 aromatic rings. The highest BCUT2D eigenvalue weighted by molar-refractivity contribution is 5.91. The van der Waals surface area contributed by atoms with Crippen molar-refractivity contribution in [1.29, 1.82) is 0 Å². The van der Waals surface area contributed by atoms with Crippen molar-refractivity contribution in [2.75, 3.05) is 11.9 Å². The van der Waals surface area contributed by atoms with E-state index in [4.69, 9.17) is 0 Å². The van der Waals surface area contributed by atoms with Gasteiger partial charge < -0.3 is 15.5 Å². The maximum atomic E-state index is 12.9. The molecule has 1 aromatic carbocycles. The largest absolute Gasteiger partial charge is 0.416 e. The van der Waals surface area contributed by atoms with Gasteiger partial charge in [-0.05, 0) is 54.3 Å². The van der Waals surface area contributed by atoms with E-state index in [1.165, 1.54) is 6.07 Å². The molecule has 6 nitrogen and oxygen atoms in total. The summed E-state index contributed by atoms with van der Waals surface area (Å²) in [6.45, 7) is 5.96. The number of pyridine rings is 1. The molecule has 166 valence electrons. The number of carbonyl (C=O) groups excluding carboxylic acids is 2. The first-order valence-corrected chi connectivity index (χ1v) is 10.1. The molecule has 0 bridgehead atoms.